The zero-order valence-electron chi connectivity index (χ0n) is 17.4. The predicted molar refractivity (Wildman–Crippen MR) is 113 cm³/mol. The van der Waals surface area contributed by atoms with E-state index in [9.17, 15) is 10.2 Å². The van der Waals surface area contributed by atoms with Gasteiger partial charge in [0.1, 0.15) is 17.2 Å². The fourth-order valence-electron chi connectivity index (χ4n) is 3.94. The molecule has 2 aromatic rings. The quantitative estimate of drug-likeness (QED) is 0.675. The van der Waals surface area contributed by atoms with Gasteiger partial charge in [-0.3, -0.25) is 9.80 Å². The fraction of sp³-hybridized carbons (Fsp3) is 0.478. The maximum absolute atomic E-state index is 10.2. The first-order chi connectivity index (χ1) is 14.1. The van der Waals surface area contributed by atoms with Crippen molar-refractivity contribution in [1.82, 2.24) is 9.80 Å². The van der Waals surface area contributed by atoms with Gasteiger partial charge in [0.2, 0.25) is 0 Å². The molecule has 1 saturated heterocycles. The molecule has 0 aromatic heterocycles. The standard InChI is InChI=1S/C23H32N2O4/c1-3-29-23-7-5-4-6-18(23)16-25-12-11-24(17-20(25)10-13-26)15-19-14-21(28-2)8-9-22(19)27/h4-9,14,20,26-27H,3,10-13,15-17H2,1-2H3/t20-/m1/s1. The third-order valence-electron chi connectivity index (χ3n) is 5.48. The Morgan fingerprint density at radius 3 is 2.66 bits per heavy atom. The molecular weight excluding hydrogens is 368 g/mol. The molecule has 0 aliphatic carbocycles. The van der Waals surface area contributed by atoms with Crippen LogP contribution >= 0.6 is 0 Å². The van der Waals surface area contributed by atoms with Crippen LogP contribution in [0.4, 0.5) is 0 Å². The Morgan fingerprint density at radius 1 is 1.07 bits per heavy atom. The first-order valence-corrected chi connectivity index (χ1v) is 10.3. The number of para-hydroxylation sites is 1. The van der Waals surface area contributed by atoms with Crippen LogP contribution in [-0.2, 0) is 13.1 Å². The molecule has 0 bridgehead atoms. The molecule has 0 saturated carbocycles. The van der Waals surface area contributed by atoms with Crippen molar-refractivity contribution in [2.75, 3.05) is 40.0 Å². The van der Waals surface area contributed by atoms with E-state index in [0.717, 1.165) is 49.7 Å². The topological polar surface area (TPSA) is 65.4 Å². The van der Waals surface area contributed by atoms with Gasteiger partial charge in [0.15, 0.2) is 0 Å². The van der Waals surface area contributed by atoms with Crippen LogP contribution in [0.15, 0.2) is 42.5 Å². The van der Waals surface area contributed by atoms with Gasteiger partial charge >= 0.3 is 0 Å². The van der Waals surface area contributed by atoms with Crippen LogP contribution in [0.5, 0.6) is 17.2 Å². The number of phenols is 1. The third kappa shape index (κ3) is 5.63. The van der Waals surface area contributed by atoms with Crippen molar-refractivity contribution in [2.45, 2.75) is 32.5 Å². The number of hydrogen-bond acceptors (Lipinski definition) is 6. The van der Waals surface area contributed by atoms with Crippen LogP contribution in [0.1, 0.15) is 24.5 Å². The normalized spacial score (nSPS) is 18.0. The van der Waals surface area contributed by atoms with Crippen molar-refractivity contribution in [1.29, 1.82) is 0 Å². The molecule has 3 rings (SSSR count). The molecule has 1 atom stereocenters. The summed E-state index contributed by atoms with van der Waals surface area (Å²) in [7, 11) is 1.63. The number of rotatable bonds is 9. The van der Waals surface area contributed by atoms with Crippen LogP contribution < -0.4 is 9.47 Å². The Balaban J connectivity index is 1.68. The Bertz CT molecular complexity index is 783. The van der Waals surface area contributed by atoms with E-state index in [2.05, 4.69) is 15.9 Å². The maximum Gasteiger partial charge on any atom is 0.123 e. The zero-order valence-corrected chi connectivity index (χ0v) is 17.4. The van der Waals surface area contributed by atoms with Crippen molar-refractivity contribution in [3.8, 4) is 17.2 Å². The third-order valence-corrected chi connectivity index (χ3v) is 5.48. The van der Waals surface area contributed by atoms with Crippen molar-refractivity contribution in [3.63, 3.8) is 0 Å². The van der Waals surface area contributed by atoms with E-state index >= 15 is 0 Å². The molecule has 0 radical (unpaired) electrons. The van der Waals surface area contributed by atoms with Crippen molar-refractivity contribution in [2.24, 2.45) is 0 Å². The lowest BCUT2D eigenvalue weighted by molar-refractivity contribution is 0.0490. The number of hydrogen-bond donors (Lipinski definition) is 2. The highest BCUT2D eigenvalue weighted by Crippen LogP contribution is 2.27. The second-order valence-electron chi connectivity index (χ2n) is 7.41. The van der Waals surface area contributed by atoms with Crippen LogP contribution in [0.3, 0.4) is 0 Å². The van der Waals surface area contributed by atoms with E-state index in [4.69, 9.17) is 9.47 Å². The molecule has 1 aliphatic rings. The van der Waals surface area contributed by atoms with Crippen molar-refractivity contribution in [3.05, 3.63) is 53.6 Å². The summed E-state index contributed by atoms with van der Waals surface area (Å²) >= 11 is 0. The van der Waals surface area contributed by atoms with Gasteiger partial charge < -0.3 is 19.7 Å². The number of methoxy groups -OCH3 is 1. The molecule has 6 heteroatoms. The van der Waals surface area contributed by atoms with Crippen LogP contribution in [0, 0.1) is 0 Å². The fourth-order valence-corrected chi connectivity index (χ4v) is 3.94. The molecule has 2 aromatic carbocycles. The largest absolute Gasteiger partial charge is 0.508 e. The monoisotopic (exact) mass is 400 g/mol. The lowest BCUT2D eigenvalue weighted by Gasteiger charge is -2.41. The van der Waals surface area contributed by atoms with Crippen LogP contribution in [-0.4, -0.2) is 66.0 Å². The van der Waals surface area contributed by atoms with Gasteiger partial charge in [-0.05, 0) is 37.6 Å². The lowest BCUT2D eigenvalue weighted by atomic mass is 10.1. The second-order valence-corrected chi connectivity index (χ2v) is 7.41. The highest BCUT2D eigenvalue weighted by atomic mass is 16.5. The van der Waals surface area contributed by atoms with E-state index in [-0.39, 0.29) is 18.4 Å². The molecule has 0 unspecified atom stereocenters. The van der Waals surface area contributed by atoms with Gasteiger partial charge in [0, 0.05) is 56.5 Å². The summed E-state index contributed by atoms with van der Waals surface area (Å²) in [5, 5.41) is 19.8. The van der Waals surface area contributed by atoms with Gasteiger partial charge in [-0.2, -0.15) is 0 Å². The molecule has 1 fully saturated rings. The van der Waals surface area contributed by atoms with Crippen LogP contribution in [0.25, 0.3) is 0 Å². The average Bonchev–Trinajstić information content (AvgIpc) is 2.73. The molecule has 1 heterocycles. The molecule has 29 heavy (non-hydrogen) atoms. The highest BCUT2D eigenvalue weighted by molar-refractivity contribution is 5.39. The van der Waals surface area contributed by atoms with Crippen LogP contribution in [0.2, 0.25) is 0 Å². The Hall–Kier alpha value is -2.28. The minimum atomic E-state index is 0.159. The Morgan fingerprint density at radius 2 is 1.90 bits per heavy atom. The van der Waals surface area contributed by atoms with Gasteiger partial charge in [-0.25, -0.2) is 0 Å². The number of aromatic hydroxyl groups is 1. The summed E-state index contributed by atoms with van der Waals surface area (Å²) in [6, 6.07) is 13.8. The molecule has 0 amide bonds. The average molecular weight is 401 g/mol. The Kier molecular flexibility index (Phi) is 7.75. The predicted octanol–water partition coefficient (Wildman–Crippen LogP) is 2.87. The molecule has 158 valence electrons. The van der Waals surface area contributed by atoms with Crippen molar-refractivity contribution < 1.29 is 19.7 Å². The van der Waals surface area contributed by atoms with E-state index in [0.29, 0.717) is 13.2 Å². The number of aliphatic hydroxyl groups excluding tert-OH is 1. The first kappa shape index (κ1) is 21.4. The lowest BCUT2D eigenvalue weighted by Crippen LogP contribution is -2.52. The summed E-state index contributed by atoms with van der Waals surface area (Å²) in [6.07, 6.45) is 0.720. The van der Waals surface area contributed by atoms with E-state index in [1.165, 1.54) is 5.56 Å². The van der Waals surface area contributed by atoms with Gasteiger partial charge in [0.05, 0.1) is 13.7 Å². The summed E-state index contributed by atoms with van der Waals surface area (Å²) in [4.78, 5) is 4.76. The summed E-state index contributed by atoms with van der Waals surface area (Å²) in [5.41, 5.74) is 2.04. The number of aliphatic hydroxyl groups is 1. The number of benzene rings is 2. The molecular formula is C23H32N2O4. The van der Waals surface area contributed by atoms with E-state index in [1.807, 2.05) is 31.2 Å². The van der Waals surface area contributed by atoms with Gasteiger partial charge in [-0.1, -0.05) is 18.2 Å². The molecule has 0 spiro atoms. The SMILES string of the molecule is CCOc1ccccc1CN1CCN(Cc2cc(OC)ccc2O)C[C@H]1CCO. The molecule has 2 N–H and O–H groups in total. The van der Waals surface area contributed by atoms with Crippen molar-refractivity contribution >= 4 is 0 Å². The number of ether oxygens (including phenoxy) is 2. The highest BCUT2D eigenvalue weighted by Gasteiger charge is 2.27. The Labute approximate surface area is 173 Å². The molecule has 1 aliphatic heterocycles. The second kappa shape index (κ2) is 10.5. The summed E-state index contributed by atoms with van der Waals surface area (Å²) < 4.78 is 11.1. The first-order valence-electron chi connectivity index (χ1n) is 10.3. The number of piperazine rings is 1. The number of phenolic OH excluding ortho intramolecular Hbond substituents is 1. The molecule has 6 nitrogen and oxygen atoms in total. The smallest absolute Gasteiger partial charge is 0.123 e. The summed E-state index contributed by atoms with van der Waals surface area (Å²) in [5.74, 6) is 1.97. The summed E-state index contributed by atoms with van der Waals surface area (Å²) in [6.45, 7) is 6.91. The maximum atomic E-state index is 10.2. The minimum absolute atomic E-state index is 0.159. The zero-order chi connectivity index (χ0) is 20.6. The van der Waals surface area contributed by atoms with E-state index in [1.54, 1.807) is 19.2 Å². The minimum Gasteiger partial charge on any atom is -0.508 e. The van der Waals surface area contributed by atoms with Gasteiger partial charge in [0.25, 0.3) is 0 Å². The number of nitrogens with zero attached hydrogens (tertiary/aromatic N) is 2. The van der Waals surface area contributed by atoms with Gasteiger partial charge in [-0.15, -0.1) is 0 Å². The van der Waals surface area contributed by atoms with E-state index < -0.39 is 0 Å².